The Bertz CT molecular complexity index is 601. The highest BCUT2D eigenvalue weighted by atomic mass is 32.2. The zero-order valence-corrected chi connectivity index (χ0v) is 19.1. The van der Waals surface area contributed by atoms with Crippen LogP contribution in [0.4, 0.5) is 0 Å². The summed E-state index contributed by atoms with van der Waals surface area (Å²) in [6.07, 6.45) is 5.89. The Balaban J connectivity index is 4.21. The minimum Gasteiger partial charge on any atom is -0.381 e. The third-order valence-corrected chi connectivity index (χ3v) is 9.27. The topological polar surface area (TPSA) is 130 Å². The molecule has 0 aliphatic carbocycles. The van der Waals surface area contributed by atoms with Gasteiger partial charge in [0.05, 0.1) is 10.00 Å². The van der Waals surface area contributed by atoms with Gasteiger partial charge in [-0.05, 0) is 57.3 Å². The van der Waals surface area contributed by atoms with E-state index in [0.29, 0.717) is 45.3 Å². The zero-order chi connectivity index (χ0) is 21.1. The van der Waals surface area contributed by atoms with Gasteiger partial charge in [-0.25, -0.2) is 27.1 Å². The Morgan fingerprint density at radius 2 is 1.48 bits per heavy atom. The Kier molecular flexibility index (Phi) is 12.3. The van der Waals surface area contributed by atoms with Crippen molar-refractivity contribution in [2.75, 3.05) is 13.2 Å². The second kappa shape index (κ2) is 12.4. The molecule has 0 aromatic rings. The van der Waals surface area contributed by atoms with E-state index in [4.69, 9.17) is 15.0 Å². The molecule has 0 aliphatic heterocycles. The molecule has 9 heteroatoms. The molecule has 0 spiro atoms. The molecule has 2 atom stereocenters. The van der Waals surface area contributed by atoms with Gasteiger partial charge in [0.1, 0.15) is 0 Å². The molecular weight excluding hydrogens is 388 g/mol. The average molecular weight is 429 g/mol. The molecule has 27 heavy (non-hydrogen) atoms. The molecule has 0 rings (SSSR count). The predicted molar refractivity (Wildman–Crippen MR) is 111 cm³/mol. The summed E-state index contributed by atoms with van der Waals surface area (Å²) in [5, 5.41) is 10.2. The van der Waals surface area contributed by atoms with Crippen LogP contribution < -0.4 is 10.3 Å². The number of rotatable bonds is 16. The monoisotopic (exact) mass is 428 g/mol. The average Bonchev–Trinajstić information content (AvgIpc) is 2.58. The Labute approximate surface area is 166 Å². The van der Waals surface area contributed by atoms with Gasteiger partial charge in [0.2, 0.25) is 20.0 Å². The fraction of sp³-hybridized carbons (Fsp3) is 1.00. The van der Waals surface area contributed by atoms with E-state index in [2.05, 4.69) is 0 Å². The maximum absolute atomic E-state index is 11.9. The van der Waals surface area contributed by atoms with Crippen molar-refractivity contribution < 1.29 is 21.6 Å². The lowest BCUT2D eigenvalue weighted by atomic mass is 9.95. The third-order valence-electron chi connectivity index (χ3n) is 5.83. The van der Waals surface area contributed by atoms with Crippen LogP contribution in [0.5, 0.6) is 0 Å². The van der Waals surface area contributed by atoms with Crippen molar-refractivity contribution in [2.24, 2.45) is 16.2 Å². The number of ether oxygens (including phenoxy) is 1. The van der Waals surface area contributed by atoms with Crippen LogP contribution in [0.2, 0.25) is 0 Å². The van der Waals surface area contributed by atoms with Crippen LogP contribution in [0.25, 0.3) is 0 Å². The first-order valence-corrected chi connectivity index (χ1v) is 13.2. The number of nitrogens with two attached hydrogens (primary N) is 2. The van der Waals surface area contributed by atoms with Crippen LogP contribution in [-0.4, -0.2) is 40.0 Å². The highest BCUT2D eigenvalue weighted by molar-refractivity contribution is 7.90. The third kappa shape index (κ3) is 9.21. The van der Waals surface area contributed by atoms with E-state index < -0.39 is 30.0 Å². The molecule has 0 radical (unpaired) electrons. The Morgan fingerprint density at radius 1 is 0.889 bits per heavy atom. The van der Waals surface area contributed by atoms with Crippen molar-refractivity contribution in [1.29, 1.82) is 0 Å². The summed E-state index contributed by atoms with van der Waals surface area (Å²) in [5.74, 6) is 0.267. The fourth-order valence-electron chi connectivity index (χ4n) is 3.55. The van der Waals surface area contributed by atoms with Crippen LogP contribution in [0.3, 0.4) is 0 Å². The van der Waals surface area contributed by atoms with Gasteiger partial charge in [-0.1, -0.05) is 34.1 Å². The molecule has 0 saturated heterocycles. The summed E-state index contributed by atoms with van der Waals surface area (Å²) in [6, 6.07) is 0. The van der Waals surface area contributed by atoms with Gasteiger partial charge in [0.15, 0.2) is 0 Å². The minimum absolute atomic E-state index is 0.267. The van der Waals surface area contributed by atoms with Crippen LogP contribution in [0, 0.1) is 5.92 Å². The van der Waals surface area contributed by atoms with Gasteiger partial charge in [-0.3, -0.25) is 0 Å². The van der Waals surface area contributed by atoms with Crippen LogP contribution in [0.1, 0.15) is 85.5 Å². The van der Waals surface area contributed by atoms with Crippen molar-refractivity contribution in [2.45, 2.75) is 95.5 Å². The standard InChI is InChI=1S/C18H40N2O5S2/c1-5-16(15-17(6-2)26(19,21)22)11-14-25-13-10-9-12-18(7-3,8-4)27(20,23)24/h16-17H,5-15H2,1-4H3,(H2,19,21,22)(H2,20,23,24). The van der Waals surface area contributed by atoms with E-state index in [9.17, 15) is 16.8 Å². The number of hydrogen-bond donors (Lipinski definition) is 2. The molecule has 7 nitrogen and oxygen atoms in total. The molecule has 0 aliphatic rings. The van der Waals surface area contributed by atoms with Crippen molar-refractivity contribution in [3.63, 3.8) is 0 Å². The van der Waals surface area contributed by atoms with E-state index in [0.717, 1.165) is 25.7 Å². The maximum Gasteiger partial charge on any atom is 0.214 e. The smallest absolute Gasteiger partial charge is 0.214 e. The van der Waals surface area contributed by atoms with Gasteiger partial charge >= 0.3 is 0 Å². The Morgan fingerprint density at radius 3 is 1.89 bits per heavy atom. The fourth-order valence-corrected chi connectivity index (χ4v) is 5.78. The van der Waals surface area contributed by atoms with Gasteiger partial charge in [0, 0.05) is 13.2 Å². The number of hydrogen-bond acceptors (Lipinski definition) is 5. The van der Waals surface area contributed by atoms with Crippen molar-refractivity contribution in [1.82, 2.24) is 0 Å². The van der Waals surface area contributed by atoms with Crippen LogP contribution >= 0.6 is 0 Å². The second-order valence-corrected chi connectivity index (χ2v) is 11.2. The van der Waals surface area contributed by atoms with Gasteiger partial charge in [-0.15, -0.1) is 0 Å². The molecule has 0 aromatic carbocycles. The lowest BCUT2D eigenvalue weighted by Crippen LogP contribution is -2.42. The number of primary sulfonamides is 2. The van der Waals surface area contributed by atoms with Crippen molar-refractivity contribution in [3.8, 4) is 0 Å². The first-order valence-electron chi connectivity index (χ1n) is 10.1. The van der Waals surface area contributed by atoms with Crippen LogP contribution in [0.15, 0.2) is 0 Å². The van der Waals surface area contributed by atoms with Gasteiger partial charge in [0.25, 0.3) is 0 Å². The molecule has 4 N–H and O–H groups in total. The minimum atomic E-state index is -3.57. The lowest BCUT2D eigenvalue weighted by molar-refractivity contribution is 0.113. The quantitative estimate of drug-likeness (QED) is 0.365. The van der Waals surface area contributed by atoms with Crippen molar-refractivity contribution >= 4 is 20.0 Å². The molecule has 164 valence electrons. The van der Waals surface area contributed by atoms with Crippen LogP contribution in [-0.2, 0) is 24.8 Å². The number of unbranched alkanes of at least 4 members (excludes halogenated alkanes) is 1. The van der Waals surface area contributed by atoms with E-state index >= 15 is 0 Å². The van der Waals surface area contributed by atoms with E-state index in [1.165, 1.54) is 0 Å². The lowest BCUT2D eigenvalue weighted by Gasteiger charge is -2.29. The first-order chi connectivity index (χ1) is 12.5. The number of sulfonamides is 2. The SMILES string of the molecule is CCC(CCOCCCCC(CC)(CC)S(N)(=O)=O)CC(CC)S(N)(=O)=O. The van der Waals surface area contributed by atoms with E-state index in [1.807, 2.05) is 27.7 Å². The first kappa shape index (κ1) is 26.8. The highest BCUT2D eigenvalue weighted by Gasteiger charge is 2.37. The molecular formula is C18H40N2O5S2. The van der Waals surface area contributed by atoms with E-state index in [1.54, 1.807) is 0 Å². The summed E-state index contributed by atoms with van der Waals surface area (Å²) < 4.78 is 51.7. The molecule has 0 aromatic heterocycles. The highest BCUT2D eigenvalue weighted by Crippen LogP contribution is 2.29. The summed E-state index contributed by atoms with van der Waals surface area (Å²) in [6.45, 7) is 8.74. The van der Waals surface area contributed by atoms with Crippen molar-refractivity contribution in [3.05, 3.63) is 0 Å². The Hall–Kier alpha value is -0.220. The predicted octanol–water partition coefficient (Wildman–Crippen LogP) is 2.89. The van der Waals surface area contributed by atoms with Gasteiger partial charge < -0.3 is 4.74 Å². The zero-order valence-electron chi connectivity index (χ0n) is 17.4. The molecule has 0 heterocycles. The molecule has 0 saturated carbocycles. The molecule has 0 bridgehead atoms. The second-order valence-electron chi connectivity index (χ2n) is 7.42. The molecule has 0 fully saturated rings. The maximum atomic E-state index is 11.9. The summed E-state index contributed by atoms with van der Waals surface area (Å²) >= 11 is 0. The van der Waals surface area contributed by atoms with E-state index in [-0.39, 0.29) is 5.92 Å². The van der Waals surface area contributed by atoms with Gasteiger partial charge in [-0.2, -0.15) is 0 Å². The summed E-state index contributed by atoms with van der Waals surface area (Å²) in [5.41, 5.74) is 0. The summed E-state index contributed by atoms with van der Waals surface area (Å²) in [4.78, 5) is 0. The molecule has 2 unspecified atom stereocenters. The largest absolute Gasteiger partial charge is 0.381 e. The summed E-state index contributed by atoms with van der Waals surface area (Å²) in [7, 11) is -7.06. The molecule has 0 amide bonds. The normalized spacial score (nSPS) is 15.6.